The van der Waals surface area contributed by atoms with Crippen LogP contribution in [0.15, 0.2) is 0 Å². The van der Waals surface area contributed by atoms with Crippen LogP contribution in [0.25, 0.3) is 0 Å². The van der Waals surface area contributed by atoms with Crippen molar-refractivity contribution in [3.8, 4) is 0 Å². The zero-order chi connectivity index (χ0) is 12.1. The van der Waals surface area contributed by atoms with Crippen molar-refractivity contribution in [2.75, 3.05) is 5.88 Å². The molecular weight excluding hydrogens is 220 g/mol. The zero-order valence-electron chi connectivity index (χ0n) is 10.9. The van der Waals surface area contributed by atoms with Gasteiger partial charge in [-0.05, 0) is 44.6 Å². The van der Waals surface area contributed by atoms with E-state index < -0.39 is 0 Å². The molecule has 16 heavy (non-hydrogen) atoms. The lowest BCUT2D eigenvalue weighted by Crippen LogP contribution is -2.07. The lowest BCUT2D eigenvalue weighted by atomic mass is 10.1. The van der Waals surface area contributed by atoms with E-state index in [1.165, 1.54) is 17.0 Å². The summed E-state index contributed by atoms with van der Waals surface area (Å²) >= 11 is 5.74. The minimum absolute atomic E-state index is 0.687. The molecule has 1 rings (SSSR count). The molecule has 0 saturated carbocycles. The van der Waals surface area contributed by atoms with Gasteiger partial charge in [0.25, 0.3) is 0 Å². The third-order valence-electron chi connectivity index (χ3n) is 3.32. The SMILES string of the molecule is CCc1c(C)nn(CCC(C)CCCl)c1C. The van der Waals surface area contributed by atoms with Crippen LogP contribution in [0.2, 0.25) is 0 Å². The highest BCUT2D eigenvalue weighted by Gasteiger charge is 2.10. The van der Waals surface area contributed by atoms with Gasteiger partial charge in [0.2, 0.25) is 0 Å². The second-order valence-corrected chi connectivity index (χ2v) is 4.98. The van der Waals surface area contributed by atoms with Crippen LogP contribution in [-0.2, 0) is 13.0 Å². The van der Waals surface area contributed by atoms with Crippen LogP contribution in [0.3, 0.4) is 0 Å². The van der Waals surface area contributed by atoms with E-state index in [2.05, 4.69) is 37.5 Å². The Morgan fingerprint density at radius 1 is 1.31 bits per heavy atom. The number of aryl methyl sites for hydroxylation is 2. The van der Waals surface area contributed by atoms with Crippen molar-refractivity contribution >= 4 is 11.6 Å². The fourth-order valence-corrected chi connectivity index (χ4v) is 2.51. The predicted molar refractivity (Wildman–Crippen MR) is 70.2 cm³/mol. The Kier molecular flexibility index (Phi) is 5.33. The van der Waals surface area contributed by atoms with Gasteiger partial charge in [-0.2, -0.15) is 5.10 Å². The summed E-state index contributed by atoms with van der Waals surface area (Å²) in [5, 5.41) is 4.60. The van der Waals surface area contributed by atoms with E-state index >= 15 is 0 Å². The number of alkyl halides is 1. The van der Waals surface area contributed by atoms with E-state index in [0.717, 1.165) is 31.7 Å². The number of nitrogens with zero attached hydrogens (tertiary/aromatic N) is 2. The molecule has 0 aliphatic rings. The van der Waals surface area contributed by atoms with Crippen LogP contribution >= 0.6 is 11.6 Å². The molecule has 0 bridgehead atoms. The van der Waals surface area contributed by atoms with Gasteiger partial charge in [0, 0.05) is 18.1 Å². The Morgan fingerprint density at radius 3 is 2.50 bits per heavy atom. The van der Waals surface area contributed by atoms with Gasteiger partial charge in [-0.1, -0.05) is 13.8 Å². The molecule has 0 spiro atoms. The maximum atomic E-state index is 5.74. The van der Waals surface area contributed by atoms with Crippen LogP contribution in [0, 0.1) is 19.8 Å². The van der Waals surface area contributed by atoms with Gasteiger partial charge in [0.1, 0.15) is 0 Å². The molecule has 1 heterocycles. The molecule has 1 atom stereocenters. The molecule has 1 aromatic rings. The molecule has 92 valence electrons. The largest absolute Gasteiger partial charge is 0.269 e. The van der Waals surface area contributed by atoms with Gasteiger partial charge < -0.3 is 0 Å². The first kappa shape index (κ1) is 13.6. The fourth-order valence-electron chi connectivity index (χ4n) is 2.14. The lowest BCUT2D eigenvalue weighted by Gasteiger charge is -2.10. The Balaban J connectivity index is 2.61. The zero-order valence-corrected chi connectivity index (χ0v) is 11.6. The average molecular weight is 243 g/mol. The molecule has 0 N–H and O–H groups in total. The molecular formula is C13H23ClN2. The molecule has 0 aromatic carbocycles. The van der Waals surface area contributed by atoms with Gasteiger partial charge in [-0.15, -0.1) is 11.6 Å². The number of hydrogen-bond donors (Lipinski definition) is 0. The molecule has 0 radical (unpaired) electrons. The van der Waals surface area contributed by atoms with Crippen molar-refractivity contribution in [1.29, 1.82) is 0 Å². The maximum absolute atomic E-state index is 5.74. The molecule has 1 unspecified atom stereocenters. The Labute approximate surface area is 104 Å². The molecule has 2 nitrogen and oxygen atoms in total. The van der Waals surface area contributed by atoms with Crippen LogP contribution in [-0.4, -0.2) is 15.7 Å². The number of hydrogen-bond acceptors (Lipinski definition) is 1. The highest BCUT2D eigenvalue weighted by molar-refractivity contribution is 6.17. The summed E-state index contributed by atoms with van der Waals surface area (Å²) in [6.07, 6.45) is 3.34. The van der Waals surface area contributed by atoms with Gasteiger partial charge in [0.15, 0.2) is 0 Å². The first-order valence-corrected chi connectivity index (χ1v) is 6.72. The number of rotatable bonds is 6. The molecule has 0 amide bonds. The highest BCUT2D eigenvalue weighted by Crippen LogP contribution is 2.16. The molecule has 0 fully saturated rings. The van der Waals surface area contributed by atoms with Crippen LogP contribution in [0.1, 0.15) is 43.6 Å². The Bertz CT molecular complexity index is 331. The van der Waals surface area contributed by atoms with E-state index in [9.17, 15) is 0 Å². The normalized spacial score (nSPS) is 13.1. The minimum atomic E-state index is 0.687. The van der Waals surface area contributed by atoms with E-state index in [0.29, 0.717) is 5.92 Å². The number of halogens is 1. The van der Waals surface area contributed by atoms with Crippen LogP contribution < -0.4 is 0 Å². The maximum Gasteiger partial charge on any atom is 0.0628 e. The van der Waals surface area contributed by atoms with Crippen molar-refractivity contribution in [2.45, 2.75) is 53.5 Å². The third-order valence-corrected chi connectivity index (χ3v) is 3.54. The summed E-state index contributed by atoms with van der Waals surface area (Å²) in [6, 6.07) is 0. The first-order valence-electron chi connectivity index (χ1n) is 6.19. The summed E-state index contributed by atoms with van der Waals surface area (Å²) in [5.74, 6) is 1.45. The lowest BCUT2D eigenvalue weighted by molar-refractivity contribution is 0.444. The molecule has 0 saturated heterocycles. The minimum Gasteiger partial charge on any atom is -0.269 e. The Morgan fingerprint density at radius 2 is 2.00 bits per heavy atom. The van der Waals surface area contributed by atoms with E-state index in [-0.39, 0.29) is 0 Å². The Hall–Kier alpha value is -0.500. The fraction of sp³-hybridized carbons (Fsp3) is 0.769. The number of aromatic nitrogens is 2. The molecule has 3 heteroatoms. The van der Waals surface area contributed by atoms with Crippen LogP contribution in [0.5, 0.6) is 0 Å². The average Bonchev–Trinajstić information content (AvgIpc) is 2.51. The van der Waals surface area contributed by atoms with Crippen molar-refractivity contribution < 1.29 is 0 Å². The van der Waals surface area contributed by atoms with Gasteiger partial charge in [-0.25, -0.2) is 0 Å². The smallest absolute Gasteiger partial charge is 0.0628 e. The second kappa shape index (κ2) is 6.29. The predicted octanol–water partition coefficient (Wildman–Crippen LogP) is 3.72. The quantitative estimate of drug-likeness (QED) is 0.696. The van der Waals surface area contributed by atoms with E-state index in [1.807, 2.05) is 0 Å². The monoisotopic (exact) mass is 242 g/mol. The summed E-state index contributed by atoms with van der Waals surface area (Å²) in [6.45, 7) is 9.74. The van der Waals surface area contributed by atoms with Gasteiger partial charge in [-0.3, -0.25) is 4.68 Å². The summed E-state index contributed by atoms with van der Waals surface area (Å²) in [5.41, 5.74) is 3.92. The molecule has 1 aromatic heterocycles. The third kappa shape index (κ3) is 3.24. The van der Waals surface area contributed by atoms with Gasteiger partial charge >= 0.3 is 0 Å². The van der Waals surface area contributed by atoms with Crippen molar-refractivity contribution in [3.05, 3.63) is 17.0 Å². The van der Waals surface area contributed by atoms with E-state index in [4.69, 9.17) is 11.6 Å². The molecule has 0 aliphatic carbocycles. The summed E-state index contributed by atoms with van der Waals surface area (Å²) in [7, 11) is 0. The van der Waals surface area contributed by atoms with Crippen molar-refractivity contribution in [3.63, 3.8) is 0 Å². The standard InChI is InChI=1S/C13H23ClN2/c1-5-13-11(3)15-16(12(13)4)9-7-10(2)6-8-14/h10H,5-9H2,1-4H3. The first-order chi connectivity index (χ1) is 7.60. The van der Waals surface area contributed by atoms with Crippen LogP contribution in [0.4, 0.5) is 0 Å². The van der Waals surface area contributed by atoms with E-state index in [1.54, 1.807) is 0 Å². The van der Waals surface area contributed by atoms with Gasteiger partial charge in [0.05, 0.1) is 5.69 Å². The summed E-state index contributed by atoms with van der Waals surface area (Å²) in [4.78, 5) is 0. The van der Waals surface area contributed by atoms with Crippen molar-refractivity contribution in [1.82, 2.24) is 9.78 Å². The highest BCUT2D eigenvalue weighted by atomic mass is 35.5. The topological polar surface area (TPSA) is 17.8 Å². The second-order valence-electron chi connectivity index (χ2n) is 4.60. The van der Waals surface area contributed by atoms with Crippen molar-refractivity contribution in [2.24, 2.45) is 5.92 Å². The molecule has 0 aliphatic heterocycles. The summed E-state index contributed by atoms with van der Waals surface area (Å²) < 4.78 is 2.15.